The van der Waals surface area contributed by atoms with Crippen molar-refractivity contribution in [2.75, 3.05) is 6.61 Å². The monoisotopic (exact) mass is 226 g/mol. The third-order valence-corrected chi connectivity index (χ3v) is 2.60. The molecular formula is C10H11ClN2O2. The second kappa shape index (κ2) is 4.14. The molecule has 1 aliphatic carbocycles. The van der Waals surface area contributed by atoms with Crippen molar-refractivity contribution in [3.05, 3.63) is 23.2 Å². The van der Waals surface area contributed by atoms with Gasteiger partial charge in [0.15, 0.2) is 0 Å². The highest BCUT2D eigenvalue weighted by molar-refractivity contribution is 6.29. The van der Waals surface area contributed by atoms with E-state index in [0.29, 0.717) is 11.8 Å². The molecule has 0 aromatic carbocycles. The van der Waals surface area contributed by atoms with Crippen molar-refractivity contribution in [1.29, 1.82) is 0 Å². The van der Waals surface area contributed by atoms with E-state index in [0.717, 1.165) is 12.1 Å². The minimum atomic E-state index is -0.140. The van der Waals surface area contributed by atoms with Gasteiger partial charge >= 0.3 is 5.97 Å². The summed E-state index contributed by atoms with van der Waals surface area (Å²) in [4.78, 5) is 19.4. The van der Waals surface area contributed by atoms with Crippen molar-refractivity contribution in [3.8, 4) is 0 Å². The summed E-state index contributed by atoms with van der Waals surface area (Å²) in [6.07, 6.45) is 3.92. The van der Waals surface area contributed by atoms with Gasteiger partial charge in [-0.1, -0.05) is 11.6 Å². The van der Waals surface area contributed by atoms with E-state index in [-0.39, 0.29) is 17.8 Å². The molecule has 1 saturated carbocycles. The number of ether oxygens (including phenoxy) is 1. The van der Waals surface area contributed by atoms with Gasteiger partial charge in [0, 0.05) is 5.92 Å². The lowest BCUT2D eigenvalue weighted by Gasteiger charge is -2.00. The minimum absolute atomic E-state index is 0.0413. The molecule has 2 unspecified atom stereocenters. The number of nitrogens with zero attached hydrogens (tertiary/aromatic N) is 2. The van der Waals surface area contributed by atoms with E-state index >= 15 is 0 Å². The van der Waals surface area contributed by atoms with Crippen LogP contribution in [0.2, 0.25) is 5.15 Å². The van der Waals surface area contributed by atoms with E-state index in [2.05, 4.69) is 9.97 Å². The van der Waals surface area contributed by atoms with Gasteiger partial charge < -0.3 is 4.74 Å². The molecule has 0 N–H and O–H groups in total. The number of hydrogen-bond donors (Lipinski definition) is 0. The standard InChI is InChI=1S/C10H11ClN2O2/c1-2-15-10(14)7-3-6(7)8-4-13-9(11)5-12-8/h4-7H,2-3H2,1H3. The summed E-state index contributed by atoms with van der Waals surface area (Å²) in [6.45, 7) is 2.23. The summed E-state index contributed by atoms with van der Waals surface area (Å²) in [5.74, 6) is -0.0199. The zero-order valence-corrected chi connectivity index (χ0v) is 9.07. The van der Waals surface area contributed by atoms with Crippen LogP contribution < -0.4 is 0 Å². The van der Waals surface area contributed by atoms with Gasteiger partial charge in [0.25, 0.3) is 0 Å². The zero-order chi connectivity index (χ0) is 10.8. The molecule has 1 fully saturated rings. The van der Waals surface area contributed by atoms with Crippen molar-refractivity contribution in [3.63, 3.8) is 0 Å². The number of carbonyl (C=O) groups excluding carboxylic acids is 1. The van der Waals surface area contributed by atoms with Crippen molar-refractivity contribution in [2.45, 2.75) is 19.3 Å². The average molecular weight is 227 g/mol. The van der Waals surface area contributed by atoms with E-state index in [1.165, 1.54) is 6.20 Å². The zero-order valence-electron chi connectivity index (χ0n) is 8.31. The van der Waals surface area contributed by atoms with Gasteiger partial charge in [0.05, 0.1) is 30.6 Å². The second-order valence-electron chi connectivity index (χ2n) is 3.46. The Morgan fingerprint density at radius 2 is 2.40 bits per heavy atom. The third-order valence-electron chi connectivity index (χ3n) is 2.40. The Labute approximate surface area is 92.6 Å². The maximum absolute atomic E-state index is 11.4. The van der Waals surface area contributed by atoms with Gasteiger partial charge in [-0.15, -0.1) is 0 Å². The molecule has 1 aromatic heterocycles. The van der Waals surface area contributed by atoms with Gasteiger partial charge in [-0.3, -0.25) is 9.78 Å². The predicted molar refractivity (Wildman–Crippen MR) is 54.5 cm³/mol. The molecule has 4 nitrogen and oxygen atoms in total. The minimum Gasteiger partial charge on any atom is -0.466 e. The molecule has 1 aliphatic rings. The van der Waals surface area contributed by atoms with Crippen molar-refractivity contribution >= 4 is 17.6 Å². The van der Waals surface area contributed by atoms with Crippen molar-refractivity contribution in [1.82, 2.24) is 9.97 Å². The fourth-order valence-corrected chi connectivity index (χ4v) is 1.64. The van der Waals surface area contributed by atoms with E-state index in [1.807, 2.05) is 0 Å². The third kappa shape index (κ3) is 2.26. The van der Waals surface area contributed by atoms with Crippen LogP contribution in [0, 0.1) is 5.92 Å². The van der Waals surface area contributed by atoms with Gasteiger partial charge in [0.1, 0.15) is 5.15 Å². The molecule has 0 amide bonds. The van der Waals surface area contributed by atoms with Gasteiger partial charge in [-0.2, -0.15) is 0 Å². The second-order valence-corrected chi connectivity index (χ2v) is 3.85. The molecule has 80 valence electrons. The van der Waals surface area contributed by atoms with Crippen LogP contribution in [0.25, 0.3) is 0 Å². The highest BCUT2D eigenvalue weighted by Gasteiger charge is 2.46. The number of esters is 1. The molecule has 5 heteroatoms. The first-order valence-corrected chi connectivity index (χ1v) is 5.24. The Morgan fingerprint density at radius 3 is 3.00 bits per heavy atom. The molecule has 1 heterocycles. The molecular weight excluding hydrogens is 216 g/mol. The Kier molecular flexibility index (Phi) is 2.86. The fourth-order valence-electron chi connectivity index (χ4n) is 1.55. The molecule has 0 saturated heterocycles. The lowest BCUT2D eigenvalue weighted by atomic mass is 10.2. The lowest BCUT2D eigenvalue weighted by Crippen LogP contribution is -2.07. The summed E-state index contributed by atoms with van der Waals surface area (Å²) in [5.41, 5.74) is 0.817. The molecule has 0 aliphatic heterocycles. The quantitative estimate of drug-likeness (QED) is 0.738. The normalized spacial score (nSPS) is 23.6. The number of halogens is 1. The highest BCUT2D eigenvalue weighted by Crippen LogP contribution is 2.47. The number of aromatic nitrogens is 2. The first-order chi connectivity index (χ1) is 7.22. The fraction of sp³-hybridized carbons (Fsp3) is 0.500. The first kappa shape index (κ1) is 10.4. The molecule has 2 atom stereocenters. The molecule has 0 bridgehead atoms. The SMILES string of the molecule is CCOC(=O)C1CC1c1cnc(Cl)cn1. The maximum Gasteiger partial charge on any atom is 0.309 e. The summed E-state index contributed by atoms with van der Waals surface area (Å²) >= 11 is 5.62. The molecule has 2 rings (SSSR count). The van der Waals surface area contributed by atoms with Crippen LogP contribution in [0.1, 0.15) is 25.0 Å². The van der Waals surface area contributed by atoms with Crippen LogP contribution in [-0.2, 0) is 9.53 Å². The van der Waals surface area contributed by atoms with Gasteiger partial charge in [-0.05, 0) is 13.3 Å². The Bertz CT molecular complexity index is 366. The van der Waals surface area contributed by atoms with Crippen molar-refractivity contribution < 1.29 is 9.53 Å². The Morgan fingerprint density at radius 1 is 1.60 bits per heavy atom. The van der Waals surface area contributed by atoms with E-state index in [1.54, 1.807) is 13.1 Å². The smallest absolute Gasteiger partial charge is 0.309 e. The molecule has 0 spiro atoms. The Hall–Kier alpha value is -1.16. The van der Waals surface area contributed by atoms with E-state index in [9.17, 15) is 4.79 Å². The predicted octanol–water partition coefficient (Wildman–Crippen LogP) is 1.80. The highest BCUT2D eigenvalue weighted by atomic mass is 35.5. The molecule has 15 heavy (non-hydrogen) atoms. The van der Waals surface area contributed by atoms with Gasteiger partial charge in [0.2, 0.25) is 0 Å². The summed E-state index contributed by atoms with van der Waals surface area (Å²) in [6, 6.07) is 0. The van der Waals surface area contributed by atoms with E-state index < -0.39 is 0 Å². The first-order valence-electron chi connectivity index (χ1n) is 4.86. The van der Waals surface area contributed by atoms with Gasteiger partial charge in [-0.25, -0.2) is 4.98 Å². The van der Waals surface area contributed by atoms with Crippen LogP contribution in [0.15, 0.2) is 12.4 Å². The van der Waals surface area contributed by atoms with Crippen LogP contribution >= 0.6 is 11.6 Å². The number of hydrogen-bond acceptors (Lipinski definition) is 4. The average Bonchev–Trinajstić information content (AvgIpc) is 2.99. The van der Waals surface area contributed by atoms with Crippen LogP contribution in [0.5, 0.6) is 0 Å². The molecule has 1 aromatic rings. The largest absolute Gasteiger partial charge is 0.466 e. The summed E-state index contributed by atoms with van der Waals surface area (Å²) in [7, 11) is 0. The topological polar surface area (TPSA) is 52.1 Å². The van der Waals surface area contributed by atoms with Crippen LogP contribution in [0.4, 0.5) is 0 Å². The van der Waals surface area contributed by atoms with E-state index in [4.69, 9.17) is 16.3 Å². The maximum atomic E-state index is 11.4. The summed E-state index contributed by atoms with van der Waals surface area (Å²) < 4.78 is 4.93. The summed E-state index contributed by atoms with van der Waals surface area (Å²) in [5, 5.41) is 0.368. The van der Waals surface area contributed by atoms with Crippen molar-refractivity contribution in [2.24, 2.45) is 5.92 Å². The van der Waals surface area contributed by atoms with Crippen LogP contribution in [-0.4, -0.2) is 22.5 Å². The van der Waals surface area contributed by atoms with Crippen LogP contribution in [0.3, 0.4) is 0 Å². The lowest BCUT2D eigenvalue weighted by molar-refractivity contribution is -0.144. The number of carbonyl (C=O) groups is 1. The molecule has 0 radical (unpaired) electrons. The Balaban J connectivity index is 1.98. The number of rotatable bonds is 3.